The lowest BCUT2D eigenvalue weighted by atomic mass is 9.56. The molecule has 0 spiro atoms. The Balaban J connectivity index is 2.11. The van der Waals surface area contributed by atoms with Crippen molar-refractivity contribution in [2.24, 2.45) is 17.1 Å². The highest BCUT2D eigenvalue weighted by atomic mass is 19.1. The third-order valence-electron chi connectivity index (χ3n) is 6.53. The van der Waals surface area contributed by atoms with Crippen LogP contribution in [0.25, 0.3) is 0 Å². The number of nitrogens with zero attached hydrogens (tertiary/aromatic N) is 4. The zero-order valence-corrected chi connectivity index (χ0v) is 15.2. The first-order valence-corrected chi connectivity index (χ1v) is 9.02. The molecule has 2 bridgehead atoms. The molecular weight excluding hydrogens is 360 g/mol. The normalized spacial score (nSPS) is 30.6. The molecule has 5 nitrogen and oxygen atoms in total. The van der Waals surface area contributed by atoms with Crippen molar-refractivity contribution in [3.8, 4) is 18.2 Å². The molecule has 1 aromatic carbocycles. The van der Waals surface area contributed by atoms with Crippen LogP contribution in [0, 0.1) is 57.0 Å². The maximum Gasteiger partial charge on any atom is 0.191 e. The van der Waals surface area contributed by atoms with Crippen molar-refractivity contribution in [1.29, 1.82) is 15.8 Å². The molecule has 0 amide bonds. The number of fused-ring (bicyclic) bond motifs is 4. The van der Waals surface area contributed by atoms with Crippen LogP contribution in [0.2, 0.25) is 0 Å². The van der Waals surface area contributed by atoms with Crippen molar-refractivity contribution in [2.45, 2.75) is 30.8 Å². The number of hydrogen-bond acceptors (Lipinski definition) is 5. The van der Waals surface area contributed by atoms with Crippen molar-refractivity contribution in [3.63, 3.8) is 0 Å². The second-order valence-electron chi connectivity index (χ2n) is 7.57. The fourth-order valence-corrected chi connectivity index (χ4v) is 5.21. The van der Waals surface area contributed by atoms with Gasteiger partial charge in [-0.2, -0.15) is 15.8 Å². The Kier molecular flexibility index (Phi) is 4.00. The van der Waals surface area contributed by atoms with Gasteiger partial charge in [-0.1, -0.05) is 12.1 Å². The van der Waals surface area contributed by atoms with Crippen LogP contribution < -0.4 is 5.73 Å². The standard InChI is InChI=1S/C21H17F2N5/c1-28-11-5-6-16(28)17-12(7-11)13(8-24)20(27)21(9-25,10-26)19(17)18-14(22)3-2-4-15(18)23/h2-4,7,11,16-17,19H,5-6,27H2,1H3/t11-,16+,17+,19-/m0/s1. The molecule has 4 atom stereocenters. The predicted molar refractivity (Wildman–Crippen MR) is 95.7 cm³/mol. The lowest BCUT2D eigenvalue weighted by molar-refractivity contribution is 0.157. The Hall–Kier alpha value is -3.21. The molecule has 2 N–H and O–H groups in total. The van der Waals surface area contributed by atoms with Crippen molar-refractivity contribution in [1.82, 2.24) is 4.90 Å². The smallest absolute Gasteiger partial charge is 0.191 e. The minimum absolute atomic E-state index is 0.0890. The van der Waals surface area contributed by atoms with Crippen molar-refractivity contribution in [3.05, 3.63) is 58.3 Å². The Labute approximate surface area is 161 Å². The Bertz CT molecular complexity index is 1020. The number of rotatable bonds is 1. The fraction of sp³-hybridized carbons (Fsp3) is 0.381. The van der Waals surface area contributed by atoms with E-state index in [2.05, 4.69) is 4.90 Å². The van der Waals surface area contributed by atoms with Gasteiger partial charge in [0, 0.05) is 29.5 Å². The molecule has 3 aliphatic rings. The van der Waals surface area contributed by atoms with E-state index in [1.54, 1.807) is 0 Å². The first-order chi connectivity index (χ1) is 13.4. The van der Waals surface area contributed by atoms with E-state index in [0.29, 0.717) is 5.57 Å². The molecule has 4 rings (SSSR count). The number of halogens is 2. The van der Waals surface area contributed by atoms with Crippen molar-refractivity contribution in [2.75, 3.05) is 7.05 Å². The van der Waals surface area contributed by atoms with Gasteiger partial charge in [0.15, 0.2) is 5.41 Å². The molecular formula is C21H17F2N5. The monoisotopic (exact) mass is 377 g/mol. The highest BCUT2D eigenvalue weighted by Gasteiger charge is 2.59. The summed E-state index contributed by atoms with van der Waals surface area (Å²) in [7, 11) is 1.92. The van der Waals surface area contributed by atoms with Gasteiger partial charge in [0.1, 0.15) is 17.7 Å². The molecule has 0 saturated carbocycles. The molecule has 1 aromatic rings. The molecule has 7 heteroatoms. The maximum absolute atomic E-state index is 14.8. The summed E-state index contributed by atoms with van der Waals surface area (Å²) in [4.78, 5) is 2.09. The number of hydrogen-bond donors (Lipinski definition) is 1. The molecule has 1 saturated heterocycles. The summed E-state index contributed by atoms with van der Waals surface area (Å²) in [5.41, 5.74) is 4.29. The van der Waals surface area contributed by atoms with Crippen LogP contribution in [0.3, 0.4) is 0 Å². The molecule has 0 radical (unpaired) electrons. The number of nitrogens with two attached hydrogens (primary N) is 1. The van der Waals surface area contributed by atoms with Crippen molar-refractivity contribution < 1.29 is 8.78 Å². The highest BCUT2D eigenvalue weighted by Crippen LogP contribution is 2.58. The average Bonchev–Trinajstić information content (AvgIpc) is 2.91. The lowest BCUT2D eigenvalue weighted by Gasteiger charge is -2.48. The van der Waals surface area contributed by atoms with Crippen LogP contribution in [0.4, 0.5) is 8.78 Å². The third kappa shape index (κ3) is 2.10. The van der Waals surface area contributed by atoms with Gasteiger partial charge in [-0.05, 0) is 37.6 Å². The van der Waals surface area contributed by atoms with Gasteiger partial charge < -0.3 is 5.73 Å². The maximum atomic E-state index is 14.8. The summed E-state index contributed by atoms with van der Waals surface area (Å²) >= 11 is 0. The molecule has 1 aliphatic carbocycles. The molecule has 140 valence electrons. The average molecular weight is 377 g/mol. The Morgan fingerprint density at radius 2 is 1.79 bits per heavy atom. The van der Waals surface area contributed by atoms with Gasteiger partial charge in [-0.15, -0.1) is 0 Å². The third-order valence-corrected chi connectivity index (χ3v) is 6.53. The topological polar surface area (TPSA) is 101 Å². The predicted octanol–water partition coefficient (Wildman–Crippen LogP) is 2.85. The van der Waals surface area contributed by atoms with E-state index in [1.165, 1.54) is 6.07 Å². The lowest BCUT2D eigenvalue weighted by Crippen LogP contribution is -2.51. The molecule has 1 fully saturated rings. The van der Waals surface area contributed by atoms with E-state index in [4.69, 9.17) is 5.73 Å². The highest BCUT2D eigenvalue weighted by molar-refractivity contribution is 5.60. The van der Waals surface area contributed by atoms with Gasteiger partial charge in [-0.3, -0.25) is 4.90 Å². The largest absolute Gasteiger partial charge is 0.399 e. The van der Waals surface area contributed by atoms with Crippen LogP contribution in [0.1, 0.15) is 24.3 Å². The van der Waals surface area contributed by atoms with E-state index >= 15 is 0 Å². The van der Waals surface area contributed by atoms with Gasteiger partial charge >= 0.3 is 0 Å². The van der Waals surface area contributed by atoms with Crippen LogP contribution >= 0.6 is 0 Å². The zero-order valence-electron chi connectivity index (χ0n) is 15.2. The molecule has 2 aliphatic heterocycles. The first-order valence-electron chi connectivity index (χ1n) is 9.02. The van der Waals surface area contributed by atoms with Crippen LogP contribution in [0.15, 0.2) is 41.1 Å². The number of likely N-dealkylation sites (N-methyl/N-ethyl adjacent to an activating group) is 1. The summed E-state index contributed by atoms with van der Waals surface area (Å²) < 4.78 is 29.7. The summed E-state index contributed by atoms with van der Waals surface area (Å²) in [6.07, 6.45) is 3.48. The number of nitriles is 3. The molecule has 2 heterocycles. The number of allylic oxidation sites excluding steroid dienone is 2. The van der Waals surface area contributed by atoms with E-state index in [9.17, 15) is 24.6 Å². The minimum Gasteiger partial charge on any atom is -0.399 e. The summed E-state index contributed by atoms with van der Waals surface area (Å²) in [6.45, 7) is 0. The van der Waals surface area contributed by atoms with Crippen LogP contribution in [-0.4, -0.2) is 24.0 Å². The molecule has 0 unspecified atom stereocenters. The summed E-state index contributed by atoms with van der Waals surface area (Å²) in [5.74, 6) is -3.39. The summed E-state index contributed by atoms with van der Waals surface area (Å²) in [6, 6.07) is 9.29. The number of benzene rings is 1. The summed E-state index contributed by atoms with van der Waals surface area (Å²) in [5, 5.41) is 29.7. The van der Waals surface area contributed by atoms with E-state index < -0.39 is 28.9 Å². The van der Waals surface area contributed by atoms with Crippen molar-refractivity contribution >= 4 is 0 Å². The first kappa shape index (κ1) is 18.2. The SMILES string of the molecule is CN1[C@@H]2C=C3C(C#N)=C(N)C(C#N)(C#N)[C@H](c4c(F)cccc4F)[C@H]3[C@H]1CC2. The zero-order chi connectivity index (χ0) is 20.2. The van der Waals surface area contributed by atoms with Gasteiger partial charge in [0.2, 0.25) is 0 Å². The second kappa shape index (κ2) is 6.16. The second-order valence-corrected chi connectivity index (χ2v) is 7.57. The quantitative estimate of drug-likeness (QED) is 0.811. The van der Waals surface area contributed by atoms with Gasteiger partial charge in [0.25, 0.3) is 0 Å². The van der Waals surface area contributed by atoms with E-state index in [0.717, 1.165) is 25.0 Å². The molecule has 0 aromatic heterocycles. The van der Waals surface area contributed by atoms with Gasteiger partial charge in [0.05, 0.1) is 23.4 Å². The Morgan fingerprint density at radius 3 is 2.36 bits per heavy atom. The fourth-order valence-electron chi connectivity index (χ4n) is 5.21. The molecule has 28 heavy (non-hydrogen) atoms. The van der Waals surface area contributed by atoms with E-state index in [-0.39, 0.29) is 28.9 Å². The van der Waals surface area contributed by atoms with Crippen LogP contribution in [0.5, 0.6) is 0 Å². The minimum atomic E-state index is -2.04. The van der Waals surface area contributed by atoms with Crippen LogP contribution in [-0.2, 0) is 0 Å². The van der Waals surface area contributed by atoms with Gasteiger partial charge in [-0.25, -0.2) is 8.78 Å². The Morgan fingerprint density at radius 1 is 1.14 bits per heavy atom. The van der Waals surface area contributed by atoms with E-state index in [1.807, 2.05) is 31.3 Å².